The Kier molecular flexibility index (Phi) is 3.74. The number of nitrogens with two attached hydrogens (primary N) is 1. The van der Waals surface area contributed by atoms with Crippen molar-refractivity contribution in [3.05, 3.63) is 30.5 Å². The molecular formula is C16H21N3O. The number of phenolic OH excluding ortho intramolecular Hbond substituents is 1. The highest BCUT2D eigenvalue weighted by atomic mass is 16.3. The number of anilines is 1. The lowest BCUT2D eigenvalue weighted by Gasteiger charge is -2.34. The molecule has 1 atom stereocenters. The molecule has 1 aliphatic heterocycles. The first kappa shape index (κ1) is 13.2. The Morgan fingerprint density at radius 2 is 2.25 bits per heavy atom. The van der Waals surface area contributed by atoms with Gasteiger partial charge in [-0.1, -0.05) is 6.07 Å². The normalized spacial score (nSPS) is 19.4. The van der Waals surface area contributed by atoms with Crippen molar-refractivity contribution in [3.63, 3.8) is 0 Å². The van der Waals surface area contributed by atoms with Gasteiger partial charge in [-0.15, -0.1) is 0 Å². The first-order chi connectivity index (χ1) is 9.78. The number of fused-ring (bicyclic) bond motifs is 1. The second-order valence-electron chi connectivity index (χ2n) is 5.57. The molecule has 4 nitrogen and oxygen atoms in total. The van der Waals surface area contributed by atoms with E-state index in [1.807, 2.05) is 24.4 Å². The van der Waals surface area contributed by atoms with E-state index < -0.39 is 0 Å². The first-order valence-corrected chi connectivity index (χ1v) is 7.30. The summed E-state index contributed by atoms with van der Waals surface area (Å²) in [5.74, 6) is 1.94. The number of aromatic nitrogens is 1. The molecule has 1 aromatic heterocycles. The van der Waals surface area contributed by atoms with Gasteiger partial charge >= 0.3 is 0 Å². The number of nitrogens with zero attached hydrogens (tertiary/aromatic N) is 2. The van der Waals surface area contributed by atoms with Gasteiger partial charge in [0.15, 0.2) is 0 Å². The summed E-state index contributed by atoms with van der Waals surface area (Å²) in [4.78, 5) is 6.89. The Hall–Kier alpha value is -1.81. The molecule has 1 saturated heterocycles. The Morgan fingerprint density at radius 1 is 1.35 bits per heavy atom. The lowest BCUT2D eigenvalue weighted by Crippen LogP contribution is -2.36. The topological polar surface area (TPSA) is 62.4 Å². The summed E-state index contributed by atoms with van der Waals surface area (Å²) in [7, 11) is 0. The van der Waals surface area contributed by atoms with Crippen LogP contribution in [0.25, 0.3) is 10.8 Å². The van der Waals surface area contributed by atoms with Crippen LogP contribution < -0.4 is 10.6 Å². The standard InChI is InChI=1S/C16H21N3O/c17-7-5-12-2-1-9-19(11-12)16-15-10-14(20)4-3-13(15)6-8-18-16/h3-4,6,8,10,12,20H,1-2,5,7,9,11,17H2. The van der Waals surface area contributed by atoms with E-state index in [-0.39, 0.29) is 0 Å². The van der Waals surface area contributed by atoms with Crippen molar-refractivity contribution in [3.8, 4) is 5.75 Å². The molecule has 1 fully saturated rings. The maximum atomic E-state index is 9.73. The van der Waals surface area contributed by atoms with Crippen LogP contribution in [0.5, 0.6) is 5.75 Å². The molecule has 2 aromatic rings. The fraction of sp³-hybridized carbons (Fsp3) is 0.438. The fourth-order valence-electron chi connectivity index (χ4n) is 3.12. The number of hydrogen-bond acceptors (Lipinski definition) is 4. The van der Waals surface area contributed by atoms with Crippen molar-refractivity contribution < 1.29 is 5.11 Å². The zero-order valence-electron chi connectivity index (χ0n) is 11.6. The summed E-state index contributed by atoms with van der Waals surface area (Å²) in [5.41, 5.74) is 5.69. The number of phenols is 1. The Balaban J connectivity index is 1.94. The van der Waals surface area contributed by atoms with E-state index in [0.29, 0.717) is 11.7 Å². The van der Waals surface area contributed by atoms with Gasteiger partial charge in [0, 0.05) is 24.7 Å². The second-order valence-corrected chi connectivity index (χ2v) is 5.57. The van der Waals surface area contributed by atoms with Crippen LogP contribution >= 0.6 is 0 Å². The van der Waals surface area contributed by atoms with Crippen LogP contribution in [0.3, 0.4) is 0 Å². The highest BCUT2D eigenvalue weighted by molar-refractivity contribution is 5.93. The van der Waals surface area contributed by atoms with Crippen molar-refractivity contribution in [2.75, 3.05) is 24.5 Å². The molecule has 20 heavy (non-hydrogen) atoms. The lowest BCUT2D eigenvalue weighted by molar-refractivity contribution is 0.395. The summed E-state index contributed by atoms with van der Waals surface area (Å²) in [6, 6.07) is 7.46. The van der Waals surface area contributed by atoms with Gasteiger partial charge in [-0.2, -0.15) is 0 Å². The molecular weight excluding hydrogens is 250 g/mol. The Morgan fingerprint density at radius 3 is 3.10 bits per heavy atom. The van der Waals surface area contributed by atoms with E-state index in [1.54, 1.807) is 6.07 Å². The zero-order chi connectivity index (χ0) is 13.9. The molecule has 0 aliphatic carbocycles. The summed E-state index contributed by atoms with van der Waals surface area (Å²) in [6.45, 7) is 2.80. The third-order valence-corrected chi connectivity index (χ3v) is 4.12. The van der Waals surface area contributed by atoms with Crippen LogP contribution in [0.15, 0.2) is 30.5 Å². The van der Waals surface area contributed by atoms with Crippen molar-refractivity contribution in [2.24, 2.45) is 11.7 Å². The van der Waals surface area contributed by atoms with Gasteiger partial charge in [0.05, 0.1) is 0 Å². The van der Waals surface area contributed by atoms with E-state index in [4.69, 9.17) is 5.73 Å². The zero-order valence-corrected chi connectivity index (χ0v) is 11.6. The Bertz CT molecular complexity index is 597. The quantitative estimate of drug-likeness (QED) is 0.900. The van der Waals surface area contributed by atoms with Gasteiger partial charge in [-0.3, -0.25) is 0 Å². The van der Waals surface area contributed by atoms with E-state index >= 15 is 0 Å². The number of benzene rings is 1. The van der Waals surface area contributed by atoms with Crippen molar-refractivity contribution >= 4 is 16.6 Å². The summed E-state index contributed by atoms with van der Waals surface area (Å²) in [6.07, 6.45) is 5.36. The van der Waals surface area contributed by atoms with E-state index in [9.17, 15) is 5.11 Å². The lowest BCUT2D eigenvalue weighted by atomic mass is 9.94. The molecule has 0 spiro atoms. The minimum Gasteiger partial charge on any atom is -0.508 e. The third kappa shape index (κ3) is 2.56. The number of aromatic hydroxyl groups is 1. The van der Waals surface area contributed by atoms with Crippen LogP contribution in [-0.4, -0.2) is 29.7 Å². The molecule has 3 rings (SSSR count). The molecule has 3 N–H and O–H groups in total. The third-order valence-electron chi connectivity index (χ3n) is 4.12. The first-order valence-electron chi connectivity index (χ1n) is 7.30. The molecule has 0 radical (unpaired) electrons. The van der Waals surface area contributed by atoms with E-state index in [1.165, 1.54) is 12.8 Å². The minimum atomic E-state index is 0.294. The van der Waals surface area contributed by atoms with Crippen LogP contribution in [-0.2, 0) is 0 Å². The summed E-state index contributed by atoms with van der Waals surface area (Å²) < 4.78 is 0. The maximum Gasteiger partial charge on any atom is 0.136 e. The van der Waals surface area contributed by atoms with Gasteiger partial charge < -0.3 is 15.7 Å². The summed E-state index contributed by atoms with van der Waals surface area (Å²) >= 11 is 0. The van der Waals surface area contributed by atoms with Crippen LogP contribution in [0.4, 0.5) is 5.82 Å². The van der Waals surface area contributed by atoms with Gasteiger partial charge in [-0.05, 0) is 55.3 Å². The highest BCUT2D eigenvalue weighted by Gasteiger charge is 2.21. The molecule has 4 heteroatoms. The molecule has 0 bridgehead atoms. The van der Waals surface area contributed by atoms with Gasteiger partial charge in [0.2, 0.25) is 0 Å². The number of pyridine rings is 1. The van der Waals surface area contributed by atoms with Crippen LogP contribution in [0.1, 0.15) is 19.3 Å². The molecule has 1 unspecified atom stereocenters. The number of rotatable bonds is 3. The Labute approximate surface area is 119 Å². The van der Waals surface area contributed by atoms with Gasteiger partial charge in [-0.25, -0.2) is 4.98 Å². The molecule has 106 valence electrons. The molecule has 1 aromatic carbocycles. The predicted octanol–water partition coefficient (Wildman–Crippen LogP) is 2.51. The molecule has 1 aliphatic rings. The molecule has 0 saturated carbocycles. The van der Waals surface area contributed by atoms with E-state index in [2.05, 4.69) is 9.88 Å². The van der Waals surface area contributed by atoms with Crippen LogP contribution in [0, 0.1) is 5.92 Å². The van der Waals surface area contributed by atoms with Crippen molar-refractivity contribution in [1.82, 2.24) is 4.98 Å². The fourth-order valence-corrected chi connectivity index (χ4v) is 3.12. The van der Waals surface area contributed by atoms with Crippen LogP contribution in [0.2, 0.25) is 0 Å². The monoisotopic (exact) mass is 271 g/mol. The second kappa shape index (κ2) is 5.67. The average Bonchev–Trinajstić information content (AvgIpc) is 2.47. The molecule has 2 heterocycles. The number of hydrogen-bond donors (Lipinski definition) is 2. The smallest absolute Gasteiger partial charge is 0.136 e. The predicted molar refractivity (Wildman–Crippen MR) is 82.0 cm³/mol. The van der Waals surface area contributed by atoms with Crippen molar-refractivity contribution in [2.45, 2.75) is 19.3 Å². The molecule has 0 amide bonds. The summed E-state index contributed by atoms with van der Waals surface area (Å²) in [5, 5.41) is 11.9. The largest absolute Gasteiger partial charge is 0.508 e. The SMILES string of the molecule is NCCC1CCCN(c2nccc3ccc(O)cc23)C1. The van der Waals surface area contributed by atoms with Gasteiger partial charge in [0.1, 0.15) is 11.6 Å². The van der Waals surface area contributed by atoms with Crippen molar-refractivity contribution in [1.29, 1.82) is 0 Å². The van der Waals surface area contributed by atoms with Gasteiger partial charge in [0.25, 0.3) is 0 Å². The minimum absolute atomic E-state index is 0.294. The van der Waals surface area contributed by atoms with E-state index in [0.717, 1.165) is 42.6 Å². The highest BCUT2D eigenvalue weighted by Crippen LogP contribution is 2.31. The maximum absolute atomic E-state index is 9.73. The number of piperidine rings is 1. The average molecular weight is 271 g/mol.